The Hall–Kier alpha value is -0.0700. The van der Waals surface area contributed by atoms with Crippen LogP contribution in [0.3, 0.4) is 0 Å². The van der Waals surface area contributed by atoms with Crippen LogP contribution in [0.2, 0.25) is 0 Å². The molecule has 1 N–H and O–H groups in total. The van der Waals surface area contributed by atoms with Gasteiger partial charge >= 0.3 is 29.6 Å². The Morgan fingerprint density at radius 1 is 0.872 bits per heavy atom. The van der Waals surface area contributed by atoms with Gasteiger partial charge in [-0.05, 0) is 12.8 Å². The monoisotopic (exact) mass is 586 g/mol. The molecule has 0 aliphatic carbocycles. The SMILES string of the molecule is CCCCCCCCCC1=NCC[N+]1(CCO)CC(=O)[O-].CCCCCCCCCCCCOS(=O)(=O)[O-].[Na+]. The Bertz CT molecular complexity index is 723. The van der Waals surface area contributed by atoms with Crippen molar-refractivity contribution in [1.29, 1.82) is 0 Å². The van der Waals surface area contributed by atoms with E-state index < -0.39 is 16.4 Å². The maximum absolute atomic E-state index is 11.0. The smallest absolute Gasteiger partial charge is 0.726 e. The summed E-state index contributed by atoms with van der Waals surface area (Å²) in [5.41, 5.74) is 0. The number of hydrogen-bond donors (Lipinski definition) is 1. The number of carbonyl (C=O) groups excluding carboxylic acids is 1. The number of nitrogens with zero attached hydrogens (tertiary/aromatic N) is 2. The van der Waals surface area contributed by atoms with E-state index in [-0.39, 0.29) is 49.3 Å². The van der Waals surface area contributed by atoms with Crippen LogP contribution in [0.5, 0.6) is 0 Å². The quantitative estimate of drug-likeness (QED) is 0.0594. The van der Waals surface area contributed by atoms with E-state index in [0.29, 0.717) is 30.5 Å². The second-order valence-corrected chi connectivity index (χ2v) is 11.5. The zero-order valence-corrected chi connectivity index (χ0v) is 28.0. The summed E-state index contributed by atoms with van der Waals surface area (Å²) in [5, 5.41) is 20.2. The van der Waals surface area contributed by atoms with Crippen LogP contribution < -0.4 is 34.7 Å². The van der Waals surface area contributed by atoms with Gasteiger partial charge in [-0.2, -0.15) is 0 Å². The molecule has 0 spiro atoms. The van der Waals surface area contributed by atoms with E-state index in [0.717, 1.165) is 31.5 Å². The molecule has 0 aromatic heterocycles. The van der Waals surface area contributed by atoms with E-state index >= 15 is 0 Å². The number of carbonyl (C=O) groups is 1. The Labute approximate surface area is 261 Å². The van der Waals surface area contributed by atoms with E-state index in [1.165, 1.54) is 83.5 Å². The molecule has 0 saturated carbocycles. The van der Waals surface area contributed by atoms with Crippen molar-refractivity contribution in [2.45, 2.75) is 129 Å². The molecule has 226 valence electrons. The molecular formula is C28H55N2NaO7S. The summed E-state index contributed by atoms with van der Waals surface area (Å²) in [6.07, 6.45) is 21.2. The summed E-state index contributed by atoms with van der Waals surface area (Å²) in [6.45, 7) is 6.17. The Balaban J connectivity index is 0. The van der Waals surface area contributed by atoms with Gasteiger partial charge in [0.15, 0.2) is 5.84 Å². The number of carboxylic acid groups (broad SMARTS) is 1. The molecule has 0 amide bonds. The van der Waals surface area contributed by atoms with Crippen LogP contribution >= 0.6 is 0 Å². The molecule has 39 heavy (non-hydrogen) atoms. The van der Waals surface area contributed by atoms with Crippen LogP contribution in [0.15, 0.2) is 4.99 Å². The second kappa shape index (κ2) is 26.8. The summed E-state index contributed by atoms with van der Waals surface area (Å²) in [5.74, 6) is -0.112. The molecule has 0 bridgehead atoms. The average Bonchev–Trinajstić information content (AvgIpc) is 3.23. The summed E-state index contributed by atoms with van der Waals surface area (Å²) in [4.78, 5) is 15.5. The first-order valence-corrected chi connectivity index (χ1v) is 16.3. The first-order chi connectivity index (χ1) is 18.2. The Morgan fingerprint density at radius 3 is 1.77 bits per heavy atom. The fourth-order valence-electron chi connectivity index (χ4n) is 4.89. The maximum atomic E-state index is 11.0. The molecule has 1 heterocycles. The van der Waals surface area contributed by atoms with Crippen molar-refractivity contribution in [3.63, 3.8) is 0 Å². The largest absolute Gasteiger partial charge is 1.00 e. The van der Waals surface area contributed by atoms with Crippen LogP contribution in [0.1, 0.15) is 129 Å². The first-order valence-electron chi connectivity index (χ1n) is 15.0. The number of aliphatic hydroxyl groups excluding tert-OH is 1. The zero-order chi connectivity index (χ0) is 28.5. The zero-order valence-electron chi connectivity index (χ0n) is 25.2. The van der Waals surface area contributed by atoms with Crippen LogP contribution in [0.4, 0.5) is 0 Å². The number of aliphatic carboxylic acids is 1. The van der Waals surface area contributed by atoms with E-state index in [2.05, 4.69) is 23.0 Å². The normalized spacial score (nSPS) is 16.8. The van der Waals surface area contributed by atoms with Gasteiger partial charge in [-0.1, -0.05) is 110 Å². The Morgan fingerprint density at radius 2 is 1.33 bits per heavy atom. The minimum absolute atomic E-state index is 0. The minimum atomic E-state index is -4.48. The molecule has 1 atom stereocenters. The Kier molecular flexibility index (Phi) is 28.2. The number of carboxylic acids is 1. The van der Waals surface area contributed by atoms with Gasteiger partial charge in [0.25, 0.3) is 0 Å². The molecule has 1 unspecified atom stereocenters. The van der Waals surface area contributed by atoms with E-state index in [9.17, 15) is 28.0 Å². The van der Waals surface area contributed by atoms with E-state index in [4.69, 9.17) is 0 Å². The van der Waals surface area contributed by atoms with Crippen LogP contribution in [0.25, 0.3) is 0 Å². The van der Waals surface area contributed by atoms with Crippen molar-refractivity contribution >= 4 is 22.2 Å². The van der Waals surface area contributed by atoms with Gasteiger partial charge in [-0.3, -0.25) is 8.67 Å². The molecule has 0 aromatic carbocycles. The van der Waals surface area contributed by atoms with E-state index in [1.807, 2.05) is 0 Å². The van der Waals surface area contributed by atoms with Crippen molar-refractivity contribution in [2.75, 3.05) is 39.4 Å². The number of hydrogen-bond acceptors (Lipinski definition) is 8. The van der Waals surface area contributed by atoms with Crippen LogP contribution in [-0.2, 0) is 19.4 Å². The third-order valence-corrected chi connectivity index (χ3v) is 7.51. The number of rotatable bonds is 24. The third kappa shape index (κ3) is 24.3. The summed E-state index contributed by atoms with van der Waals surface area (Å²) < 4.78 is 34.8. The molecular weight excluding hydrogens is 531 g/mol. The predicted molar refractivity (Wildman–Crippen MR) is 149 cm³/mol. The van der Waals surface area contributed by atoms with Crippen molar-refractivity contribution in [1.82, 2.24) is 0 Å². The van der Waals surface area contributed by atoms with Crippen molar-refractivity contribution in [3.05, 3.63) is 0 Å². The molecule has 0 aromatic rings. The van der Waals surface area contributed by atoms with Gasteiger partial charge in [-0.25, -0.2) is 13.4 Å². The summed E-state index contributed by atoms with van der Waals surface area (Å²) in [7, 11) is -4.48. The second-order valence-electron chi connectivity index (χ2n) is 10.4. The van der Waals surface area contributed by atoms with Crippen molar-refractivity contribution in [2.24, 2.45) is 4.99 Å². The molecule has 1 aliphatic rings. The van der Waals surface area contributed by atoms with Gasteiger partial charge in [0.2, 0.25) is 10.4 Å². The summed E-state index contributed by atoms with van der Waals surface area (Å²) in [6, 6.07) is 0. The molecule has 11 heteroatoms. The van der Waals surface area contributed by atoms with Crippen LogP contribution in [0, 0.1) is 0 Å². The molecule has 0 fully saturated rings. The molecule has 1 rings (SSSR count). The molecule has 1 aliphatic heterocycles. The number of quaternary nitrogens is 1. The fraction of sp³-hybridized carbons (Fsp3) is 0.929. The van der Waals surface area contributed by atoms with Gasteiger partial charge in [-0.15, -0.1) is 0 Å². The predicted octanol–water partition coefficient (Wildman–Crippen LogP) is 1.49. The third-order valence-electron chi connectivity index (χ3n) is 7.06. The molecule has 0 radical (unpaired) electrons. The first kappa shape index (κ1) is 41.1. The average molecular weight is 587 g/mol. The van der Waals surface area contributed by atoms with Crippen LogP contribution in [-0.4, -0.2) is 73.8 Å². The number of unbranched alkanes of at least 4 members (excludes halogenated alkanes) is 15. The van der Waals surface area contributed by atoms with Gasteiger partial charge in [0.05, 0.1) is 25.7 Å². The number of aliphatic hydroxyl groups is 1. The van der Waals surface area contributed by atoms with Gasteiger partial charge in [0, 0.05) is 6.42 Å². The standard InChI is InChI=1S/C16H30N2O3.C12H26O4S.Na/c1-2-3-4-5-6-7-8-9-15-17-10-11-18(15,12-13-19)14-16(20)21;1-2-3-4-5-6-7-8-9-10-11-12-16-17(13,14)15;/h19H,2-14H2,1H3;2-12H2,1H3,(H,13,14,15);/q;;+1/p-1. The van der Waals surface area contributed by atoms with Gasteiger partial charge in [0.1, 0.15) is 19.6 Å². The number of amidine groups is 1. The molecule has 0 saturated heterocycles. The minimum Gasteiger partial charge on any atom is -0.726 e. The maximum Gasteiger partial charge on any atom is 1.00 e. The summed E-state index contributed by atoms with van der Waals surface area (Å²) >= 11 is 0. The van der Waals surface area contributed by atoms with E-state index in [1.54, 1.807) is 0 Å². The van der Waals surface area contributed by atoms with Crippen molar-refractivity contribution in [3.8, 4) is 0 Å². The fourth-order valence-corrected chi connectivity index (χ4v) is 5.21. The van der Waals surface area contributed by atoms with Crippen molar-refractivity contribution < 1.29 is 66.2 Å². The molecule has 9 nitrogen and oxygen atoms in total. The topological polar surface area (TPSA) is 139 Å². The number of aliphatic imine (C=N–C) groups is 1. The van der Waals surface area contributed by atoms with Gasteiger partial charge < -0.3 is 19.6 Å².